The second kappa shape index (κ2) is 7.96. The Hall–Kier alpha value is -2.63. The molecule has 0 bridgehead atoms. The second-order valence-electron chi connectivity index (χ2n) is 5.20. The zero-order valence-electron chi connectivity index (χ0n) is 13.1. The van der Waals surface area contributed by atoms with Crippen LogP contribution in [0.1, 0.15) is 15.2 Å². The van der Waals surface area contributed by atoms with Gasteiger partial charge in [-0.2, -0.15) is 0 Å². The van der Waals surface area contributed by atoms with Crippen LogP contribution in [0.5, 0.6) is 5.75 Å². The molecule has 0 aliphatic rings. The number of hydrogen-bond acceptors (Lipinski definition) is 4. The van der Waals surface area contributed by atoms with Crippen molar-refractivity contribution in [2.24, 2.45) is 0 Å². The van der Waals surface area contributed by atoms with E-state index in [0.717, 1.165) is 0 Å². The van der Waals surface area contributed by atoms with Crippen molar-refractivity contribution in [2.75, 3.05) is 5.32 Å². The van der Waals surface area contributed by atoms with Gasteiger partial charge in [0, 0.05) is 10.7 Å². The highest BCUT2D eigenvalue weighted by Crippen LogP contribution is 2.20. The van der Waals surface area contributed by atoms with E-state index in [2.05, 4.69) is 5.32 Å². The number of amides is 1. The van der Waals surface area contributed by atoms with E-state index in [1.54, 1.807) is 48.5 Å². The average molecular weight is 372 g/mol. The van der Waals surface area contributed by atoms with Crippen molar-refractivity contribution in [1.29, 1.82) is 0 Å². The van der Waals surface area contributed by atoms with E-state index in [1.165, 1.54) is 11.3 Å². The standard InChI is InChI=1S/C19H14ClNO3S/c20-16-5-2-1-4-13(16)12-18(22)24-15-9-7-14(8-10-15)21-19(23)17-6-3-11-25-17/h1-11H,12H2,(H,21,23). The van der Waals surface area contributed by atoms with Gasteiger partial charge in [0.05, 0.1) is 11.3 Å². The molecule has 2 aromatic carbocycles. The summed E-state index contributed by atoms with van der Waals surface area (Å²) in [5, 5.41) is 5.16. The maximum atomic E-state index is 12.0. The third kappa shape index (κ3) is 4.68. The summed E-state index contributed by atoms with van der Waals surface area (Å²) in [6.07, 6.45) is 0.0938. The summed E-state index contributed by atoms with van der Waals surface area (Å²) in [5.74, 6) is -0.159. The van der Waals surface area contributed by atoms with Gasteiger partial charge in [-0.05, 0) is 47.3 Å². The molecular weight excluding hydrogens is 358 g/mol. The van der Waals surface area contributed by atoms with Gasteiger partial charge in [-0.1, -0.05) is 35.9 Å². The number of carbonyl (C=O) groups excluding carboxylic acids is 2. The van der Waals surface area contributed by atoms with Crippen molar-refractivity contribution in [1.82, 2.24) is 0 Å². The van der Waals surface area contributed by atoms with Crippen molar-refractivity contribution in [3.05, 3.63) is 81.5 Å². The minimum atomic E-state index is -0.400. The number of benzene rings is 2. The normalized spacial score (nSPS) is 10.3. The molecule has 0 aliphatic heterocycles. The molecule has 1 aromatic heterocycles. The lowest BCUT2D eigenvalue weighted by atomic mass is 10.1. The fourth-order valence-corrected chi connectivity index (χ4v) is 2.99. The minimum Gasteiger partial charge on any atom is -0.426 e. The summed E-state index contributed by atoms with van der Waals surface area (Å²) >= 11 is 7.41. The Morgan fingerprint density at radius 1 is 1.00 bits per heavy atom. The van der Waals surface area contributed by atoms with Gasteiger partial charge in [-0.3, -0.25) is 9.59 Å². The number of carbonyl (C=O) groups is 2. The van der Waals surface area contributed by atoms with Gasteiger partial charge in [0.25, 0.3) is 5.91 Å². The molecule has 0 atom stereocenters. The van der Waals surface area contributed by atoms with Crippen molar-refractivity contribution in [3.63, 3.8) is 0 Å². The number of halogens is 1. The van der Waals surface area contributed by atoms with E-state index in [1.807, 2.05) is 17.5 Å². The smallest absolute Gasteiger partial charge is 0.315 e. The Morgan fingerprint density at radius 3 is 2.44 bits per heavy atom. The molecule has 0 saturated carbocycles. The molecule has 0 saturated heterocycles. The highest BCUT2D eigenvalue weighted by molar-refractivity contribution is 7.12. The number of thiophene rings is 1. The summed E-state index contributed by atoms with van der Waals surface area (Å²) < 4.78 is 5.30. The third-order valence-corrected chi connectivity index (χ3v) is 4.62. The monoisotopic (exact) mass is 371 g/mol. The van der Waals surface area contributed by atoms with Crippen LogP contribution in [-0.2, 0) is 11.2 Å². The summed E-state index contributed by atoms with van der Waals surface area (Å²) in [7, 11) is 0. The largest absolute Gasteiger partial charge is 0.426 e. The Labute approximate surface area is 154 Å². The first kappa shape index (κ1) is 17.2. The van der Waals surface area contributed by atoms with Gasteiger partial charge in [-0.25, -0.2) is 0 Å². The van der Waals surface area contributed by atoms with Gasteiger partial charge in [0.15, 0.2) is 0 Å². The molecule has 0 unspecified atom stereocenters. The van der Waals surface area contributed by atoms with Crippen LogP contribution >= 0.6 is 22.9 Å². The molecule has 1 N–H and O–H groups in total. The SMILES string of the molecule is O=C(Cc1ccccc1Cl)Oc1ccc(NC(=O)c2cccs2)cc1. The molecule has 3 rings (SSSR count). The predicted octanol–water partition coefficient (Wildman–Crippen LogP) is 4.80. The van der Waals surface area contributed by atoms with E-state index >= 15 is 0 Å². The molecule has 1 heterocycles. The summed E-state index contributed by atoms with van der Waals surface area (Å²) in [5.41, 5.74) is 1.35. The quantitative estimate of drug-likeness (QED) is 0.517. The number of anilines is 1. The van der Waals surface area contributed by atoms with Gasteiger partial charge < -0.3 is 10.1 Å². The molecule has 0 aliphatic carbocycles. The maximum absolute atomic E-state index is 12.0. The van der Waals surface area contributed by atoms with Crippen LogP contribution in [0.2, 0.25) is 5.02 Å². The lowest BCUT2D eigenvalue weighted by molar-refractivity contribution is -0.133. The molecule has 126 valence electrons. The Kier molecular flexibility index (Phi) is 5.48. The van der Waals surface area contributed by atoms with Gasteiger partial charge in [0.2, 0.25) is 0 Å². The van der Waals surface area contributed by atoms with Crippen LogP contribution in [0, 0.1) is 0 Å². The second-order valence-corrected chi connectivity index (χ2v) is 6.55. The number of hydrogen-bond donors (Lipinski definition) is 1. The van der Waals surface area contributed by atoms with Gasteiger partial charge in [-0.15, -0.1) is 11.3 Å². The molecule has 0 spiro atoms. The zero-order valence-corrected chi connectivity index (χ0v) is 14.6. The van der Waals surface area contributed by atoms with E-state index in [0.29, 0.717) is 26.9 Å². The zero-order chi connectivity index (χ0) is 17.6. The summed E-state index contributed by atoms with van der Waals surface area (Å²) in [6, 6.07) is 17.4. The highest BCUT2D eigenvalue weighted by Gasteiger charge is 2.10. The first-order chi connectivity index (χ1) is 12.1. The lowest BCUT2D eigenvalue weighted by Crippen LogP contribution is -2.12. The van der Waals surface area contributed by atoms with Crippen LogP contribution in [-0.4, -0.2) is 11.9 Å². The number of rotatable bonds is 5. The molecule has 3 aromatic rings. The summed E-state index contributed by atoms with van der Waals surface area (Å²) in [6.45, 7) is 0. The average Bonchev–Trinajstić information content (AvgIpc) is 3.13. The molecule has 1 amide bonds. The number of nitrogens with one attached hydrogen (secondary N) is 1. The predicted molar refractivity (Wildman–Crippen MR) is 99.5 cm³/mol. The van der Waals surface area contributed by atoms with Crippen LogP contribution in [0.3, 0.4) is 0 Å². The fourth-order valence-electron chi connectivity index (χ4n) is 2.17. The first-order valence-electron chi connectivity index (χ1n) is 7.51. The highest BCUT2D eigenvalue weighted by atomic mass is 35.5. The maximum Gasteiger partial charge on any atom is 0.315 e. The molecule has 0 radical (unpaired) electrons. The Balaban J connectivity index is 1.58. The van der Waals surface area contributed by atoms with Crippen LogP contribution < -0.4 is 10.1 Å². The fraction of sp³-hybridized carbons (Fsp3) is 0.0526. The van der Waals surface area contributed by atoms with E-state index in [-0.39, 0.29) is 12.3 Å². The Bertz CT molecular complexity index is 876. The van der Waals surface area contributed by atoms with Crippen molar-refractivity contribution < 1.29 is 14.3 Å². The summed E-state index contributed by atoms with van der Waals surface area (Å²) in [4.78, 5) is 24.6. The molecule has 4 nitrogen and oxygen atoms in total. The van der Waals surface area contributed by atoms with Crippen LogP contribution in [0.4, 0.5) is 5.69 Å². The van der Waals surface area contributed by atoms with Crippen LogP contribution in [0.25, 0.3) is 0 Å². The number of esters is 1. The minimum absolute atomic E-state index is 0.0938. The van der Waals surface area contributed by atoms with Crippen molar-refractivity contribution in [2.45, 2.75) is 6.42 Å². The van der Waals surface area contributed by atoms with E-state index < -0.39 is 5.97 Å². The van der Waals surface area contributed by atoms with E-state index in [4.69, 9.17) is 16.3 Å². The topological polar surface area (TPSA) is 55.4 Å². The van der Waals surface area contributed by atoms with Gasteiger partial charge in [0.1, 0.15) is 5.75 Å². The third-order valence-electron chi connectivity index (χ3n) is 3.38. The molecule has 25 heavy (non-hydrogen) atoms. The van der Waals surface area contributed by atoms with Crippen molar-refractivity contribution >= 4 is 40.5 Å². The molecular formula is C19H14ClNO3S. The Morgan fingerprint density at radius 2 is 1.76 bits per heavy atom. The van der Waals surface area contributed by atoms with E-state index in [9.17, 15) is 9.59 Å². The lowest BCUT2D eigenvalue weighted by Gasteiger charge is -2.07. The number of ether oxygens (including phenoxy) is 1. The molecule has 0 fully saturated rings. The van der Waals surface area contributed by atoms with Crippen LogP contribution in [0.15, 0.2) is 66.0 Å². The van der Waals surface area contributed by atoms with Gasteiger partial charge >= 0.3 is 5.97 Å². The molecule has 6 heteroatoms. The van der Waals surface area contributed by atoms with Crippen molar-refractivity contribution in [3.8, 4) is 5.75 Å². The first-order valence-corrected chi connectivity index (χ1v) is 8.76.